The summed E-state index contributed by atoms with van der Waals surface area (Å²) in [7, 11) is 0. The van der Waals surface area contributed by atoms with Gasteiger partial charge in [-0.1, -0.05) is 29.3 Å². The predicted molar refractivity (Wildman–Crippen MR) is 80.0 cm³/mol. The molecule has 0 aliphatic carbocycles. The first kappa shape index (κ1) is 16.5. The Morgan fingerprint density at radius 2 is 1.95 bits per heavy atom. The average molecular weight is 316 g/mol. The third kappa shape index (κ3) is 6.59. The maximum absolute atomic E-state index is 11.5. The molecule has 0 aliphatic rings. The second-order valence-corrected chi connectivity index (χ2v) is 4.96. The highest BCUT2D eigenvalue weighted by atomic mass is 35.5. The van der Waals surface area contributed by atoms with Gasteiger partial charge in [0, 0.05) is 19.0 Å². The molecule has 6 heteroatoms. The van der Waals surface area contributed by atoms with E-state index in [4.69, 9.17) is 28.3 Å². The third-order valence-corrected chi connectivity index (χ3v) is 3.23. The Labute approximate surface area is 127 Å². The quantitative estimate of drug-likeness (QED) is 0.598. The summed E-state index contributed by atoms with van der Waals surface area (Å²) in [6, 6.07) is 5.08. The van der Waals surface area contributed by atoms with Crippen LogP contribution in [-0.2, 0) is 9.59 Å². The summed E-state index contributed by atoms with van der Waals surface area (Å²) in [4.78, 5) is 21.8. The number of carbonyl (C=O) groups is 2. The van der Waals surface area contributed by atoms with Gasteiger partial charge in [0.2, 0.25) is 5.91 Å². The van der Waals surface area contributed by atoms with Gasteiger partial charge in [-0.25, -0.2) is 0 Å². The van der Waals surface area contributed by atoms with Gasteiger partial charge >= 0.3 is 5.97 Å². The predicted octanol–water partition coefficient (Wildman–Crippen LogP) is 3.38. The van der Waals surface area contributed by atoms with Gasteiger partial charge in [0.25, 0.3) is 0 Å². The molecule has 0 bridgehead atoms. The number of hydrogen-bond donors (Lipinski definition) is 2. The van der Waals surface area contributed by atoms with E-state index in [0.717, 1.165) is 5.56 Å². The van der Waals surface area contributed by atoms with Crippen LogP contribution in [0.15, 0.2) is 24.3 Å². The van der Waals surface area contributed by atoms with E-state index in [1.165, 1.54) is 6.08 Å². The molecule has 2 N–H and O–H groups in total. The van der Waals surface area contributed by atoms with Gasteiger partial charge in [-0.05, 0) is 36.6 Å². The number of nitrogens with one attached hydrogen (secondary N) is 1. The number of rotatable bonds is 7. The van der Waals surface area contributed by atoms with Gasteiger partial charge in [0.05, 0.1) is 10.0 Å². The number of hydrogen-bond acceptors (Lipinski definition) is 2. The van der Waals surface area contributed by atoms with Crippen LogP contribution in [0, 0.1) is 0 Å². The Hall–Kier alpha value is -1.52. The van der Waals surface area contributed by atoms with Crippen LogP contribution in [-0.4, -0.2) is 23.5 Å². The fourth-order valence-corrected chi connectivity index (χ4v) is 1.77. The number of aliphatic carboxylic acids is 1. The summed E-state index contributed by atoms with van der Waals surface area (Å²) in [6.07, 6.45) is 4.34. The zero-order valence-electron chi connectivity index (χ0n) is 10.7. The molecule has 0 aliphatic heterocycles. The highest BCUT2D eigenvalue weighted by Crippen LogP contribution is 2.22. The molecular formula is C14H15Cl2NO3. The van der Waals surface area contributed by atoms with Gasteiger partial charge in [-0.3, -0.25) is 9.59 Å². The fraction of sp³-hybridized carbons (Fsp3) is 0.286. The second-order valence-electron chi connectivity index (χ2n) is 4.15. The Balaban J connectivity index is 2.32. The molecule has 0 spiro atoms. The number of carboxylic acid groups (broad SMARTS) is 1. The summed E-state index contributed by atoms with van der Waals surface area (Å²) in [6.45, 7) is 0.456. The maximum atomic E-state index is 11.5. The summed E-state index contributed by atoms with van der Waals surface area (Å²) in [5, 5.41) is 12.0. The molecule has 1 amide bonds. The van der Waals surface area contributed by atoms with E-state index in [-0.39, 0.29) is 12.3 Å². The first-order valence-corrected chi connectivity index (χ1v) is 6.87. The lowest BCUT2D eigenvalue weighted by Crippen LogP contribution is -2.22. The van der Waals surface area contributed by atoms with E-state index in [1.54, 1.807) is 24.3 Å². The van der Waals surface area contributed by atoms with Crippen LogP contribution in [0.25, 0.3) is 6.08 Å². The van der Waals surface area contributed by atoms with Gasteiger partial charge < -0.3 is 10.4 Å². The van der Waals surface area contributed by atoms with Crippen molar-refractivity contribution in [2.24, 2.45) is 0 Å². The van der Waals surface area contributed by atoms with E-state index >= 15 is 0 Å². The highest BCUT2D eigenvalue weighted by Gasteiger charge is 1.99. The molecule has 0 saturated carbocycles. The molecule has 1 rings (SSSR count). The Morgan fingerprint density at radius 3 is 2.60 bits per heavy atom. The Kier molecular flexibility index (Phi) is 7.12. The molecule has 0 atom stereocenters. The summed E-state index contributed by atoms with van der Waals surface area (Å²) in [5.41, 5.74) is 0.778. The van der Waals surface area contributed by atoms with E-state index in [1.807, 2.05) is 0 Å². The third-order valence-electron chi connectivity index (χ3n) is 2.49. The second kappa shape index (κ2) is 8.61. The first-order valence-electron chi connectivity index (χ1n) is 6.12. The number of benzene rings is 1. The largest absolute Gasteiger partial charge is 0.481 e. The van der Waals surface area contributed by atoms with Crippen molar-refractivity contribution in [3.63, 3.8) is 0 Å². The zero-order valence-corrected chi connectivity index (χ0v) is 12.2. The van der Waals surface area contributed by atoms with Crippen molar-refractivity contribution >= 4 is 41.2 Å². The van der Waals surface area contributed by atoms with Gasteiger partial charge in [0.15, 0.2) is 0 Å². The molecular weight excluding hydrogens is 301 g/mol. The SMILES string of the molecule is O=C(O)CCCCNC(=O)C=Cc1ccc(Cl)c(Cl)c1. The van der Waals surface area contributed by atoms with Crippen LogP contribution in [0.4, 0.5) is 0 Å². The number of halogens is 2. The molecule has 0 saturated heterocycles. The van der Waals surface area contributed by atoms with Crippen molar-refractivity contribution in [2.75, 3.05) is 6.54 Å². The monoisotopic (exact) mass is 315 g/mol. The van der Waals surface area contributed by atoms with E-state index in [0.29, 0.717) is 29.4 Å². The minimum atomic E-state index is -0.823. The number of amides is 1. The normalized spacial score (nSPS) is 10.7. The molecule has 1 aromatic carbocycles. The van der Waals surface area contributed by atoms with Crippen LogP contribution in [0.2, 0.25) is 10.0 Å². The van der Waals surface area contributed by atoms with E-state index in [9.17, 15) is 9.59 Å². The molecule has 0 heterocycles. The molecule has 0 radical (unpaired) electrons. The minimum Gasteiger partial charge on any atom is -0.481 e. The topological polar surface area (TPSA) is 66.4 Å². The fourth-order valence-electron chi connectivity index (χ4n) is 1.46. The van der Waals surface area contributed by atoms with E-state index < -0.39 is 5.97 Å². The molecule has 108 valence electrons. The number of carbonyl (C=O) groups excluding carboxylic acids is 1. The van der Waals surface area contributed by atoms with Crippen molar-refractivity contribution in [2.45, 2.75) is 19.3 Å². The van der Waals surface area contributed by atoms with Crippen molar-refractivity contribution in [1.29, 1.82) is 0 Å². The van der Waals surface area contributed by atoms with E-state index in [2.05, 4.69) is 5.32 Å². The smallest absolute Gasteiger partial charge is 0.303 e. The Morgan fingerprint density at radius 1 is 1.20 bits per heavy atom. The number of carboxylic acids is 1. The van der Waals surface area contributed by atoms with Crippen molar-refractivity contribution in [1.82, 2.24) is 5.32 Å². The van der Waals surface area contributed by atoms with Gasteiger partial charge in [-0.2, -0.15) is 0 Å². The van der Waals surface area contributed by atoms with Crippen molar-refractivity contribution in [3.8, 4) is 0 Å². The zero-order chi connectivity index (χ0) is 15.0. The molecule has 0 unspecified atom stereocenters. The van der Waals surface area contributed by atoms with Gasteiger partial charge in [-0.15, -0.1) is 0 Å². The van der Waals surface area contributed by atoms with Crippen LogP contribution in [0.3, 0.4) is 0 Å². The molecule has 0 fully saturated rings. The van der Waals surface area contributed by atoms with Crippen LogP contribution >= 0.6 is 23.2 Å². The van der Waals surface area contributed by atoms with Gasteiger partial charge in [0.1, 0.15) is 0 Å². The first-order chi connectivity index (χ1) is 9.49. The number of unbranched alkanes of at least 4 members (excludes halogenated alkanes) is 1. The standard InChI is InChI=1S/C14H15Cl2NO3/c15-11-6-4-10(9-12(11)16)5-7-13(18)17-8-2-1-3-14(19)20/h4-7,9H,1-3,8H2,(H,17,18)(H,19,20). The minimum absolute atomic E-state index is 0.120. The van der Waals surface area contributed by atoms with Crippen LogP contribution < -0.4 is 5.32 Å². The van der Waals surface area contributed by atoms with Crippen molar-refractivity contribution in [3.05, 3.63) is 39.9 Å². The lowest BCUT2D eigenvalue weighted by molar-refractivity contribution is -0.137. The van der Waals surface area contributed by atoms with Crippen molar-refractivity contribution < 1.29 is 14.7 Å². The Bertz CT molecular complexity index is 515. The summed E-state index contributed by atoms with van der Waals surface area (Å²) < 4.78 is 0. The molecule has 1 aromatic rings. The summed E-state index contributed by atoms with van der Waals surface area (Å²) >= 11 is 11.6. The highest BCUT2D eigenvalue weighted by molar-refractivity contribution is 6.42. The molecule has 0 aromatic heterocycles. The summed E-state index contributed by atoms with van der Waals surface area (Å²) in [5.74, 6) is -1.05. The van der Waals surface area contributed by atoms with Crippen LogP contribution in [0.5, 0.6) is 0 Å². The average Bonchev–Trinajstić information content (AvgIpc) is 2.39. The maximum Gasteiger partial charge on any atom is 0.303 e. The van der Waals surface area contributed by atoms with Crippen LogP contribution in [0.1, 0.15) is 24.8 Å². The lowest BCUT2D eigenvalue weighted by Gasteiger charge is -2.01. The lowest BCUT2D eigenvalue weighted by atomic mass is 10.2. The molecule has 20 heavy (non-hydrogen) atoms. The molecule has 4 nitrogen and oxygen atoms in total.